The minimum atomic E-state index is 0.661. The molecule has 1 N–H and O–H groups in total. The number of ether oxygens (including phenoxy) is 1. The average molecular weight is 252 g/mol. The number of para-hydroxylation sites is 1. The summed E-state index contributed by atoms with van der Waals surface area (Å²) in [4.78, 5) is 0. The molecule has 3 heteroatoms. The standard InChI is InChI=1S/C16H16N2O/c1-2-19-15-9-7-13(8-10-15)12-18-16-6-4-3-5-14(16)11-17/h3-10,18H,2,12H2,1H3. The van der Waals surface area contributed by atoms with E-state index >= 15 is 0 Å². The molecule has 0 saturated carbocycles. The van der Waals surface area contributed by atoms with Gasteiger partial charge in [0.2, 0.25) is 0 Å². The summed E-state index contributed by atoms with van der Waals surface area (Å²) in [6.07, 6.45) is 0. The third kappa shape index (κ3) is 3.49. The van der Waals surface area contributed by atoms with Gasteiger partial charge in [0.25, 0.3) is 0 Å². The van der Waals surface area contributed by atoms with Crippen LogP contribution in [0.15, 0.2) is 48.5 Å². The van der Waals surface area contributed by atoms with Gasteiger partial charge >= 0.3 is 0 Å². The Morgan fingerprint density at radius 1 is 1.11 bits per heavy atom. The number of hydrogen-bond donors (Lipinski definition) is 1. The Bertz CT molecular complexity index is 570. The summed E-state index contributed by atoms with van der Waals surface area (Å²) in [6.45, 7) is 3.33. The van der Waals surface area contributed by atoms with Gasteiger partial charge < -0.3 is 10.1 Å². The van der Waals surface area contributed by atoms with Crippen molar-refractivity contribution in [2.24, 2.45) is 0 Å². The lowest BCUT2D eigenvalue weighted by Gasteiger charge is -2.09. The van der Waals surface area contributed by atoms with Crippen LogP contribution in [0.5, 0.6) is 5.75 Å². The van der Waals surface area contributed by atoms with Gasteiger partial charge in [-0.3, -0.25) is 0 Å². The Kier molecular flexibility index (Phi) is 4.41. The predicted octanol–water partition coefficient (Wildman–Crippen LogP) is 3.57. The number of nitriles is 1. The fourth-order valence-electron chi connectivity index (χ4n) is 1.80. The second kappa shape index (κ2) is 6.46. The fourth-order valence-corrected chi connectivity index (χ4v) is 1.80. The molecule has 0 aromatic heterocycles. The third-order valence-corrected chi connectivity index (χ3v) is 2.76. The molecule has 0 saturated heterocycles. The molecule has 0 spiro atoms. The molecule has 0 radical (unpaired) electrons. The van der Waals surface area contributed by atoms with Crippen LogP contribution in [0, 0.1) is 11.3 Å². The molecule has 2 aromatic carbocycles. The molecule has 96 valence electrons. The Hall–Kier alpha value is -2.47. The van der Waals surface area contributed by atoms with E-state index in [9.17, 15) is 0 Å². The van der Waals surface area contributed by atoms with Crippen molar-refractivity contribution in [1.29, 1.82) is 5.26 Å². The van der Waals surface area contributed by atoms with Crippen molar-refractivity contribution in [2.75, 3.05) is 11.9 Å². The zero-order chi connectivity index (χ0) is 13.5. The van der Waals surface area contributed by atoms with E-state index in [1.165, 1.54) is 0 Å². The first-order valence-electron chi connectivity index (χ1n) is 6.28. The molecule has 0 aliphatic carbocycles. The highest BCUT2D eigenvalue weighted by atomic mass is 16.5. The number of rotatable bonds is 5. The highest BCUT2D eigenvalue weighted by Crippen LogP contribution is 2.16. The Morgan fingerprint density at radius 2 is 1.84 bits per heavy atom. The Morgan fingerprint density at radius 3 is 2.53 bits per heavy atom. The van der Waals surface area contributed by atoms with Gasteiger partial charge in [0.1, 0.15) is 11.8 Å². The van der Waals surface area contributed by atoms with E-state index in [0.717, 1.165) is 17.0 Å². The van der Waals surface area contributed by atoms with Crippen LogP contribution < -0.4 is 10.1 Å². The number of benzene rings is 2. The van der Waals surface area contributed by atoms with Gasteiger partial charge in [-0.1, -0.05) is 24.3 Å². The second-order valence-corrected chi connectivity index (χ2v) is 4.09. The quantitative estimate of drug-likeness (QED) is 0.884. The van der Waals surface area contributed by atoms with Crippen molar-refractivity contribution < 1.29 is 4.74 Å². The SMILES string of the molecule is CCOc1ccc(CNc2ccccc2C#N)cc1. The van der Waals surface area contributed by atoms with Crippen molar-refractivity contribution >= 4 is 5.69 Å². The van der Waals surface area contributed by atoms with Crippen molar-refractivity contribution in [3.05, 3.63) is 59.7 Å². The molecular formula is C16H16N2O. The number of anilines is 1. The van der Waals surface area contributed by atoms with Crippen LogP contribution in [0.3, 0.4) is 0 Å². The topological polar surface area (TPSA) is 45.0 Å². The van der Waals surface area contributed by atoms with E-state index < -0.39 is 0 Å². The molecule has 3 nitrogen and oxygen atoms in total. The van der Waals surface area contributed by atoms with Gasteiger partial charge in [0.05, 0.1) is 17.9 Å². The van der Waals surface area contributed by atoms with Crippen LogP contribution in [0.2, 0.25) is 0 Å². The maximum atomic E-state index is 9.00. The summed E-state index contributed by atoms with van der Waals surface area (Å²) >= 11 is 0. The van der Waals surface area contributed by atoms with Gasteiger partial charge in [-0.15, -0.1) is 0 Å². The summed E-state index contributed by atoms with van der Waals surface area (Å²) in [5.41, 5.74) is 2.67. The number of nitrogens with one attached hydrogen (secondary N) is 1. The second-order valence-electron chi connectivity index (χ2n) is 4.09. The van der Waals surface area contributed by atoms with Gasteiger partial charge in [-0.25, -0.2) is 0 Å². The number of nitrogens with zero attached hydrogens (tertiary/aromatic N) is 1. The Labute approximate surface area is 113 Å². The van der Waals surface area contributed by atoms with Gasteiger partial charge in [0, 0.05) is 6.54 Å². The monoisotopic (exact) mass is 252 g/mol. The molecule has 0 fully saturated rings. The predicted molar refractivity (Wildman–Crippen MR) is 76.1 cm³/mol. The molecule has 0 bridgehead atoms. The van der Waals surface area contributed by atoms with Crippen molar-refractivity contribution in [3.63, 3.8) is 0 Å². The van der Waals surface area contributed by atoms with Crippen molar-refractivity contribution in [1.82, 2.24) is 0 Å². The van der Waals surface area contributed by atoms with E-state index in [-0.39, 0.29) is 0 Å². The third-order valence-electron chi connectivity index (χ3n) is 2.76. The molecule has 0 aliphatic rings. The zero-order valence-electron chi connectivity index (χ0n) is 10.9. The van der Waals surface area contributed by atoms with Gasteiger partial charge in [0.15, 0.2) is 0 Å². The lowest BCUT2D eigenvalue weighted by Crippen LogP contribution is -2.01. The molecule has 0 unspecified atom stereocenters. The van der Waals surface area contributed by atoms with E-state index in [2.05, 4.69) is 11.4 Å². The summed E-state index contributed by atoms with van der Waals surface area (Å²) in [7, 11) is 0. The maximum absolute atomic E-state index is 9.00. The first kappa shape index (κ1) is 13.0. The van der Waals surface area contributed by atoms with Crippen molar-refractivity contribution in [3.8, 4) is 11.8 Å². The molecule has 0 heterocycles. The minimum Gasteiger partial charge on any atom is -0.494 e. The van der Waals surface area contributed by atoms with E-state index in [1.807, 2.05) is 49.4 Å². The van der Waals surface area contributed by atoms with Gasteiger partial charge in [-0.05, 0) is 36.8 Å². The van der Waals surface area contributed by atoms with Crippen LogP contribution in [0.4, 0.5) is 5.69 Å². The Balaban J connectivity index is 2.00. The van der Waals surface area contributed by atoms with Crippen LogP contribution in [-0.4, -0.2) is 6.61 Å². The summed E-state index contributed by atoms with van der Waals surface area (Å²) in [6, 6.07) is 17.6. The number of hydrogen-bond acceptors (Lipinski definition) is 3. The maximum Gasteiger partial charge on any atom is 0.119 e. The minimum absolute atomic E-state index is 0.661. The highest BCUT2D eigenvalue weighted by Gasteiger charge is 2.00. The highest BCUT2D eigenvalue weighted by molar-refractivity contribution is 5.57. The zero-order valence-corrected chi connectivity index (χ0v) is 10.9. The lowest BCUT2D eigenvalue weighted by molar-refractivity contribution is 0.340. The summed E-state index contributed by atoms with van der Waals surface area (Å²) < 4.78 is 5.40. The lowest BCUT2D eigenvalue weighted by atomic mass is 10.1. The first-order chi connectivity index (χ1) is 9.33. The molecule has 0 amide bonds. The smallest absolute Gasteiger partial charge is 0.119 e. The molecule has 19 heavy (non-hydrogen) atoms. The van der Waals surface area contributed by atoms with E-state index in [0.29, 0.717) is 18.7 Å². The van der Waals surface area contributed by atoms with Crippen LogP contribution in [-0.2, 0) is 6.54 Å². The molecule has 2 rings (SSSR count). The van der Waals surface area contributed by atoms with Gasteiger partial charge in [-0.2, -0.15) is 5.26 Å². The van der Waals surface area contributed by atoms with Crippen LogP contribution in [0.25, 0.3) is 0 Å². The molecule has 2 aromatic rings. The normalized spacial score (nSPS) is 9.68. The van der Waals surface area contributed by atoms with Crippen molar-refractivity contribution in [2.45, 2.75) is 13.5 Å². The summed E-state index contributed by atoms with van der Waals surface area (Å²) in [5.74, 6) is 0.878. The molecule has 0 atom stereocenters. The first-order valence-corrected chi connectivity index (χ1v) is 6.28. The summed E-state index contributed by atoms with van der Waals surface area (Å²) in [5, 5.41) is 12.3. The van der Waals surface area contributed by atoms with Crippen LogP contribution in [0.1, 0.15) is 18.1 Å². The van der Waals surface area contributed by atoms with Crippen LogP contribution >= 0.6 is 0 Å². The molecule has 0 aliphatic heterocycles. The van der Waals surface area contributed by atoms with E-state index in [1.54, 1.807) is 6.07 Å². The van der Waals surface area contributed by atoms with E-state index in [4.69, 9.17) is 10.00 Å². The average Bonchev–Trinajstić information content (AvgIpc) is 2.47. The fraction of sp³-hybridized carbons (Fsp3) is 0.188. The molecular weight excluding hydrogens is 236 g/mol. The largest absolute Gasteiger partial charge is 0.494 e.